The van der Waals surface area contributed by atoms with Crippen LogP contribution >= 0.6 is 0 Å². The summed E-state index contributed by atoms with van der Waals surface area (Å²) in [5.74, 6) is 0. The molecule has 2 aliphatic heterocycles. The molecule has 2 aliphatic rings. The van der Waals surface area contributed by atoms with E-state index in [0.29, 0.717) is 0 Å². The number of anilines is 2. The van der Waals surface area contributed by atoms with Crippen molar-refractivity contribution in [2.75, 3.05) is 10.6 Å². The van der Waals surface area contributed by atoms with E-state index in [2.05, 4.69) is 177 Å². The van der Waals surface area contributed by atoms with Crippen LogP contribution in [0.4, 0.5) is 11.4 Å². The molecule has 2 atom stereocenters. The molecular weight excluding hydrogens is 609 g/mol. The van der Waals surface area contributed by atoms with E-state index in [1.54, 1.807) is 0 Å². The van der Waals surface area contributed by atoms with E-state index in [1.165, 1.54) is 87.5 Å². The molecule has 0 aliphatic carbocycles. The molecule has 2 N–H and O–H groups in total. The fourth-order valence-corrected chi connectivity index (χ4v) is 9.26. The minimum atomic E-state index is -0.0217. The van der Waals surface area contributed by atoms with Crippen LogP contribution in [0, 0.1) is 0 Å². The van der Waals surface area contributed by atoms with Crippen LogP contribution in [0.5, 0.6) is 0 Å². The zero-order valence-electron chi connectivity index (χ0n) is 27.1. The molecule has 0 spiro atoms. The number of nitrogens with one attached hydrogen (secondary N) is 2. The van der Waals surface area contributed by atoms with Gasteiger partial charge in [0.2, 0.25) is 0 Å². The normalized spacial score (nSPS) is 16.3. The molecule has 234 valence electrons. The van der Waals surface area contributed by atoms with E-state index in [0.717, 1.165) is 11.4 Å². The fraction of sp³-hybridized carbons (Fsp3) is 0.0435. The lowest BCUT2D eigenvalue weighted by molar-refractivity contribution is 0.510. The Hall–Kier alpha value is -6.52. The molecule has 50 heavy (non-hydrogen) atoms. The first-order valence-electron chi connectivity index (χ1n) is 17.4. The summed E-state index contributed by atoms with van der Waals surface area (Å²) >= 11 is 0. The van der Waals surface area contributed by atoms with E-state index in [9.17, 15) is 0 Å². The molecule has 12 rings (SSSR count). The summed E-state index contributed by atoms with van der Waals surface area (Å²) in [4.78, 5) is 0. The first-order valence-corrected chi connectivity index (χ1v) is 17.4. The van der Waals surface area contributed by atoms with Crippen LogP contribution in [-0.2, 0) is 0 Å². The lowest BCUT2D eigenvalue weighted by Crippen LogP contribution is -2.33. The van der Waals surface area contributed by atoms with Gasteiger partial charge in [0, 0.05) is 32.8 Å². The third-order valence-corrected chi connectivity index (χ3v) is 11.3. The van der Waals surface area contributed by atoms with Crippen molar-refractivity contribution >= 4 is 76.5 Å². The first-order chi connectivity index (χ1) is 24.8. The van der Waals surface area contributed by atoms with Crippen molar-refractivity contribution in [3.05, 3.63) is 163 Å². The van der Waals surface area contributed by atoms with Crippen LogP contribution in [-0.4, -0.2) is 9.13 Å². The molecule has 0 amide bonds. The maximum atomic E-state index is 3.98. The number of benzene rings is 8. The predicted octanol–water partition coefficient (Wildman–Crippen LogP) is 12.0. The van der Waals surface area contributed by atoms with E-state index in [4.69, 9.17) is 0 Å². The van der Waals surface area contributed by atoms with Gasteiger partial charge in [0.1, 0.15) is 6.17 Å². The second-order valence-corrected chi connectivity index (χ2v) is 13.8. The second kappa shape index (κ2) is 9.55. The SMILES string of the molecule is c1ccc2c(c1)NC1c3ccccc3-c3cccc4c5cc(-n6c7ccc8ccccc8c7c7c8ccccc8ccc76)ccc5n(c34)C1N2. The summed E-state index contributed by atoms with van der Waals surface area (Å²) in [6.07, 6.45) is -0.0217. The van der Waals surface area contributed by atoms with Gasteiger partial charge in [0.15, 0.2) is 0 Å². The van der Waals surface area contributed by atoms with Gasteiger partial charge < -0.3 is 19.8 Å². The smallest absolute Gasteiger partial charge is 0.129 e. The Balaban J connectivity index is 1.19. The summed E-state index contributed by atoms with van der Waals surface area (Å²) in [6, 6.07) is 58.2. The minimum absolute atomic E-state index is 0.0217. The summed E-state index contributed by atoms with van der Waals surface area (Å²) in [6.45, 7) is 0. The van der Waals surface area contributed by atoms with Crippen molar-refractivity contribution in [1.29, 1.82) is 0 Å². The minimum Gasteiger partial charge on any atom is -0.373 e. The molecule has 0 radical (unpaired) electrons. The Morgan fingerprint density at radius 3 is 1.80 bits per heavy atom. The van der Waals surface area contributed by atoms with Gasteiger partial charge in [-0.3, -0.25) is 0 Å². The van der Waals surface area contributed by atoms with Crippen molar-refractivity contribution < 1.29 is 0 Å². The van der Waals surface area contributed by atoms with Gasteiger partial charge in [-0.15, -0.1) is 0 Å². The van der Waals surface area contributed by atoms with E-state index < -0.39 is 0 Å². The molecule has 2 unspecified atom stereocenters. The first kappa shape index (κ1) is 26.4. The van der Waals surface area contributed by atoms with Gasteiger partial charge in [-0.1, -0.05) is 115 Å². The molecule has 4 nitrogen and oxygen atoms in total. The largest absolute Gasteiger partial charge is 0.373 e. The molecular formula is C46H30N4. The van der Waals surface area contributed by atoms with Gasteiger partial charge in [0.25, 0.3) is 0 Å². The van der Waals surface area contributed by atoms with Crippen molar-refractivity contribution in [3.8, 4) is 16.8 Å². The fourth-order valence-electron chi connectivity index (χ4n) is 9.26. The number of para-hydroxylation sites is 3. The summed E-state index contributed by atoms with van der Waals surface area (Å²) in [5.41, 5.74) is 12.2. The standard InChI is InChI=1S/C46H30N4/c1-3-12-30-27(10-1)20-23-40-42(30)43-31-13-4-2-11-28(31)21-24-41(43)49(40)29-22-25-39-36(26-29)35-17-9-16-34-32-14-5-6-15-33(32)44-46(50(39)45(34)35)48-38-19-8-7-18-37(38)47-44/h1-26,44,46-48H. The zero-order chi connectivity index (χ0) is 32.5. The molecule has 2 aromatic heterocycles. The van der Waals surface area contributed by atoms with Crippen LogP contribution < -0.4 is 10.6 Å². The quantitative estimate of drug-likeness (QED) is 0.188. The summed E-state index contributed by atoms with van der Waals surface area (Å²) in [5, 5.41) is 18.2. The number of rotatable bonds is 1. The molecule has 0 bridgehead atoms. The monoisotopic (exact) mass is 638 g/mol. The summed E-state index contributed by atoms with van der Waals surface area (Å²) < 4.78 is 5.04. The number of nitrogens with zero attached hydrogens (tertiary/aromatic N) is 2. The van der Waals surface area contributed by atoms with Gasteiger partial charge in [-0.2, -0.15) is 0 Å². The van der Waals surface area contributed by atoms with Crippen molar-refractivity contribution in [3.63, 3.8) is 0 Å². The zero-order valence-corrected chi connectivity index (χ0v) is 27.1. The maximum Gasteiger partial charge on any atom is 0.129 e. The highest BCUT2D eigenvalue weighted by Crippen LogP contribution is 2.51. The van der Waals surface area contributed by atoms with Gasteiger partial charge in [0.05, 0.1) is 39.5 Å². The van der Waals surface area contributed by atoms with Crippen molar-refractivity contribution in [1.82, 2.24) is 9.13 Å². The molecule has 0 saturated heterocycles. The third kappa shape index (κ3) is 3.35. The maximum absolute atomic E-state index is 3.98. The Morgan fingerprint density at radius 2 is 1.04 bits per heavy atom. The molecule has 4 heteroatoms. The number of hydrogen-bond acceptors (Lipinski definition) is 2. The van der Waals surface area contributed by atoms with Crippen molar-refractivity contribution in [2.24, 2.45) is 0 Å². The highest BCUT2D eigenvalue weighted by atomic mass is 15.3. The number of fused-ring (bicyclic) bond motifs is 16. The number of aromatic nitrogens is 2. The molecule has 0 saturated carbocycles. The Bertz CT molecular complexity index is 2980. The lowest BCUT2D eigenvalue weighted by Gasteiger charge is -2.37. The third-order valence-electron chi connectivity index (χ3n) is 11.3. The van der Waals surface area contributed by atoms with E-state index >= 15 is 0 Å². The Labute approximate surface area is 287 Å². The van der Waals surface area contributed by atoms with Crippen molar-refractivity contribution in [2.45, 2.75) is 12.2 Å². The average molecular weight is 639 g/mol. The number of hydrogen-bond donors (Lipinski definition) is 2. The van der Waals surface area contributed by atoms with Gasteiger partial charge in [-0.25, -0.2) is 0 Å². The highest BCUT2D eigenvalue weighted by molar-refractivity contribution is 6.28. The Morgan fingerprint density at radius 1 is 0.440 bits per heavy atom. The van der Waals surface area contributed by atoms with Crippen LogP contribution in [0.1, 0.15) is 17.8 Å². The predicted molar refractivity (Wildman–Crippen MR) is 210 cm³/mol. The second-order valence-electron chi connectivity index (χ2n) is 13.8. The van der Waals surface area contributed by atoms with E-state index in [-0.39, 0.29) is 12.2 Å². The average Bonchev–Trinajstić information content (AvgIpc) is 3.67. The van der Waals surface area contributed by atoms with Crippen LogP contribution in [0.25, 0.3) is 82.0 Å². The molecule has 10 aromatic rings. The topological polar surface area (TPSA) is 33.9 Å². The lowest BCUT2D eigenvalue weighted by atomic mass is 9.92. The molecule has 0 fully saturated rings. The van der Waals surface area contributed by atoms with Gasteiger partial charge >= 0.3 is 0 Å². The molecule has 8 aromatic carbocycles. The van der Waals surface area contributed by atoms with Crippen LogP contribution in [0.3, 0.4) is 0 Å². The van der Waals surface area contributed by atoms with E-state index in [1.807, 2.05) is 0 Å². The van der Waals surface area contributed by atoms with Crippen LogP contribution in [0.2, 0.25) is 0 Å². The summed E-state index contributed by atoms with van der Waals surface area (Å²) in [7, 11) is 0. The van der Waals surface area contributed by atoms with Crippen LogP contribution in [0.15, 0.2) is 158 Å². The Kier molecular flexibility index (Phi) is 5.05. The molecule has 4 heterocycles. The van der Waals surface area contributed by atoms with Gasteiger partial charge in [-0.05, 0) is 75.1 Å². The highest BCUT2D eigenvalue weighted by Gasteiger charge is 2.37.